The summed E-state index contributed by atoms with van der Waals surface area (Å²) in [6.45, 7) is -0.499. The second kappa shape index (κ2) is 6.22. The number of benzene rings is 1. The SMILES string of the molecule is Nc1ccc(-c2cn([C@@H]3O[C@H](CO)[C@H](O)[C@H](O)[C@H]3O)nn2)cc1. The minimum Gasteiger partial charge on any atom is -0.399 e. The van der Waals surface area contributed by atoms with Gasteiger partial charge in [0.25, 0.3) is 0 Å². The molecule has 6 N–H and O–H groups in total. The van der Waals surface area contributed by atoms with E-state index in [0.717, 1.165) is 5.56 Å². The van der Waals surface area contributed by atoms with Crippen molar-refractivity contribution in [3.8, 4) is 11.3 Å². The van der Waals surface area contributed by atoms with Gasteiger partial charge in [-0.05, 0) is 12.1 Å². The van der Waals surface area contributed by atoms with Crippen molar-refractivity contribution in [1.29, 1.82) is 0 Å². The molecule has 1 saturated heterocycles. The first-order chi connectivity index (χ1) is 11.0. The van der Waals surface area contributed by atoms with E-state index in [4.69, 9.17) is 10.5 Å². The minimum absolute atomic E-state index is 0.499. The molecule has 1 fully saturated rings. The average molecular weight is 322 g/mol. The van der Waals surface area contributed by atoms with E-state index in [9.17, 15) is 20.4 Å². The molecule has 9 nitrogen and oxygen atoms in total. The molecule has 0 amide bonds. The lowest BCUT2D eigenvalue weighted by Gasteiger charge is -2.39. The van der Waals surface area contributed by atoms with Crippen LogP contribution >= 0.6 is 0 Å². The quantitative estimate of drug-likeness (QED) is 0.429. The number of aliphatic hydroxyl groups excluding tert-OH is 4. The van der Waals surface area contributed by atoms with Gasteiger partial charge in [-0.1, -0.05) is 17.3 Å². The molecular formula is C14H18N4O5. The Balaban J connectivity index is 1.85. The second-order valence-electron chi connectivity index (χ2n) is 5.43. The first-order valence-electron chi connectivity index (χ1n) is 7.09. The van der Waals surface area contributed by atoms with Gasteiger partial charge in [-0.2, -0.15) is 0 Å². The molecule has 3 rings (SSSR count). The predicted molar refractivity (Wildman–Crippen MR) is 78.9 cm³/mol. The molecule has 2 heterocycles. The van der Waals surface area contributed by atoms with Crippen LogP contribution in [0.4, 0.5) is 5.69 Å². The third-order valence-corrected chi connectivity index (χ3v) is 3.84. The first kappa shape index (κ1) is 15.8. The van der Waals surface area contributed by atoms with Gasteiger partial charge in [0.15, 0.2) is 6.23 Å². The highest BCUT2D eigenvalue weighted by molar-refractivity contribution is 5.60. The standard InChI is InChI=1S/C14H18N4O5/c15-8-3-1-7(2-4-8)9-5-18(17-16-9)14-13(22)12(21)11(20)10(6-19)23-14/h1-5,10-14,19-22H,6,15H2/t10-,11+,12+,13-,14-/m1/s1. The lowest BCUT2D eigenvalue weighted by atomic mass is 9.98. The molecule has 23 heavy (non-hydrogen) atoms. The van der Waals surface area contributed by atoms with Crippen LogP contribution in [0.1, 0.15) is 6.23 Å². The van der Waals surface area contributed by atoms with Crippen LogP contribution in [0.25, 0.3) is 11.3 Å². The Labute approximate surface area is 131 Å². The summed E-state index contributed by atoms with van der Waals surface area (Å²) in [5, 5.41) is 46.8. The molecule has 0 spiro atoms. The number of hydrogen-bond donors (Lipinski definition) is 5. The zero-order valence-corrected chi connectivity index (χ0v) is 12.1. The number of nitrogen functional groups attached to an aromatic ring is 1. The summed E-state index contributed by atoms with van der Waals surface area (Å²) in [5.41, 5.74) is 7.56. The van der Waals surface area contributed by atoms with E-state index in [1.807, 2.05) is 0 Å². The summed E-state index contributed by atoms with van der Waals surface area (Å²) < 4.78 is 6.66. The van der Waals surface area contributed by atoms with E-state index < -0.39 is 37.3 Å². The number of nitrogens with zero attached hydrogens (tertiary/aromatic N) is 3. The summed E-state index contributed by atoms with van der Waals surface area (Å²) in [6, 6.07) is 7.00. The zero-order valence-electron chi connectivity index (χ0n) is 12.1. The minimum atomic E-state index is -1.46. The highest BCUT2D eigenvalue weighted by atomic mass is 16.6. The second-order valence-corrected chi connectivity index (χ2v) is 5.43. The molecule has 0 saturated carbocycles. The fourth-order valence-corrected chi connectivity index (χ4v) is 2.49. The number of nitrogens with two attached hydrogens (primary N) is 1. The molecule has 1 aliphatic heterocycles. The van der Waals surface area contributed by atoms with Crippen LogP contribution in [-0.2, 0) is 4.74 Å². The fraction of sp³-hybridized carbons (Fsp3) is 0.429. The third-order valence-electron chi connectivity index (χ3n) is 3.84. The highest BCUT2D eigenvalue weighted by Crippen LogP contribution is 2.28. The third kappa shape index (κ3) is 2.92. The summed E-state index contributed by atoms with van der Waals surface area (Å²) >= 11 is 0. The van der Waals surface area contributed by atoms with Crippen molar-refractivity contribution in [3.05, 3.63) is 30.5 Å². The molecule has 5 atom stereocenters. The van der Waals surface area contributed by atoms with E-state index in [-0.39, 0.29) is 0 Å². The molecule has 2 aromatic rings. The van der Waals surface area contributed by atoms with Crippen LogP contribution < -0.4 is 5.73 Å². The van der Waals surface area contributed by atoms with Gasteiger partial charge < -0.3 is 30.9 Å². The van der Waals surface area contributed by atoms with Gasteiger partial charge in [0.05, 0.1) is 12.8 Å². The maximum absolute atomic E-state index is 10.1. The van der Waals surface area contributed by atoms with Gasteiger partial charge >= 0.3 is 0 Å². The zero-order chi connectivity index (χ0) is 16.6. The number of aliphatic hydroxyl groups is 4. The molecule has 0 bridgehead atoms. The van der Waals surface area contributed by atoms with Crippen molar-refractivity contribution >= 4 is 5.69 Å². The molecule has 1 aromatic heterocycles. The van der Waals surface area contributed by atoms with Gasteiger partial charge in [-0.25, -0.2) is 4.68 Å². The predicted octanol–water partition coefficient (Wildman–Crippen LogP) is -1.50. The molecule has 0 unspecified atom stereocenters. The van der Waals surface area contributed by atoms with Crippen molar-refractivity contribution in [2.24, 2.45) is 0 Å². The van der Waals surface area contributed by atoms with Crippen LogP contribution in [0.2, 0.25) is 0 Å². The maximum Gasteiger partial charge on any atom is 0.180 e. The van der Waals surface area contributed by atoms with E-state index in [0.29, 0.717) is 11.4 Å². The van der Waals surface area contributed by atoms with E-state index >= 15 is 0 Å². The Kier molecular flexibility index (Phi) is 4.28. The van der Waals surface area contributed by atoms with Crippen LogP contribution in [0, 0.1) is 0 Å². The summed E-state index contributed by atoms with van der Waals surface area (Å²) in [7, 11) is 0. The van der Waals surface area contributed by atoms with Crippen LogP contribution in [-0.4, -0.2) is 66.4 Å². The molecule has 0 aliphatic carbocycles. The van der Waals surface area contributed by atoms with E-state index in [2.05, 4.69) is 10.3 Å². The first-order valence-corrected chi connectivity index (χ1v) is 7.09. The molecule has 1 aromatic carbocycles. The van der Waals surface area contributed by atoms with Crippen molar-refractivity contribution in [3.63, 3.8) is 0 Å². The molecule has 9 heteroatoms. The van der Waals surface area contributed by atoms with Crippen molar-refractivity contribution < 1.29 is 25.2 Å². The smallest absolute Gasteiger partial charge is 0.180 e. The summed E-state index contributed by atoms with van der Waals surface area (Å²) in [5.74, 6) is 0. The molecular weight excluding hydrogens is 304 g/mol. The van der Waals surface area contributed by atoms with Crippen molar-refractivity contribution in [1.82, 2.24) is 15.0 Å². The Morgan fingerprint density at radius 1 is 1.09 bits per heavy atom. The Morgan fingerprint density at radius 3 is 2.43 bits per heavy atom. The maximum atomic E-state index is 10.1. The largest absolute Gasteiger partial charge is 0.399 e. The normalized spacial score (nSPS) is 31.2. The molecule has 1 aliphatic rings. The van der Waals surface area contributed by atoms with Crippen LogP contribution in [0.5, 0.6) is 0 Å². The number of anilines is 1. The Hall–Kier alpha value is -2.04. The topological polar surface area (TPSA) is 147 Å². The van der Waals surface area contributed by atoms with Gasteiger partial charge in [0.1, 0.15) is 30.1 Å². The number of aromatic nitrogens is 3. The summed E-state index contributed by atoms with van der Waals surface area (Å²) in [4.78, 5) is 0. The number of ether oxygens (including phenoxy) is 1. The van der Waals surface area contributed by atoms with Crippen LogP contribution in [0.3, 0.4) is 0 Å². The van der Waals surface area contributed by atoms with Crippen LogP contribution in [0.15, 0.2) is 30.5 Å². The van der Waals surface area contributed by atoms with Gasteiger partial charge in [-0.15, -0.1) is 5.10 Å². The summed E-state index contributed by atoms with van der Waals surface area (Å²) in [6.07, 6.45) is -4.81. The van der Waals surface area contributed by atoms with E-state index in [1.54, 1.807) is 24.3 Å². The lowest BCUT2D eigenvalue weighted by molar-refractivity contribution is -0.254. The average Bonchev–Trinajstić information content (AvgIpc) is 3.03. The fourth-order valence-electron chi connectivity index (χ4n) is 2.49. The van der Waals surface area contributed by atoms with Gasteiger partial charge in [-0.3, -0.25) is 0 Å². The number of rotatable bonds is 3. The lowest BCUT2D eigenvalue weighted by Crippen LogP contribution is -2.56. The van der Waals surface area contributed by atoms with Crippen molar-refractivity contribution in [2.75, 3.05) is 12.3 Å². The Morgan fingerprint density at radius 2 is 1.78 bits per heavy atom. The Bertz CT molecular complexity index is 659. The molecule has 0 radical (unpaired) electrons. The highest BCUT2D eigenvalue weighted by Gasteiger charge is 2.44. The van der Waals surface area contributed by atoms with Crippen molar-refractivity contribution in [2.45, 2.75) is 30.6 Å². The molecule has 124 valence electrons. The monoisotopic (exact) mass is 322 g/mol. The van der Waals surface area contributed by atoms with Gasteiger partial charge in [0, 0.05) is 11.3 Å². The van der Waals surface area contributed by atoms with E-state index in [1.165, 1.54) is 10.9 Å². The number of hydrogen-bond acceptors (Lipinski definition) is 8. The van der Waals surface area contributed by atoms with Gasteiger partial charge in [0.2, 0.25) is 0 Å².